The zero-order valence-electron chi connectivity index (χ0n) is 6.35. The zero-order chi connectivity index (χ0) is 9.90. The van der Waals surface area contributed by atoms with Crippen LogP contribution in [0.3, 0.4) is 0 Å². The summed E-state index contributed by atoms with van der Waals surface area (Å²) < 4.78 is 0.0468. The lowest BCUT2D eigenvalue weighted by Crippen LogP contribution is -2.24. The van der Waals surface area contributed by atoms with Gasteiger partial charge in [-0.1, -0.05) is 18.3 Å². The summed E-state index contributed by atoms with van der Waals surface area (Å²) in [5.74, 6) is 0. The summed E-state index contributed by atoms with van der Waals surface area (Å²) >= 11 is 20.6. The number of aromatic nitrogens is 1. The molecule has 0 fully saturated rings. The topological polar surface area (TPSA) is 3.88 Å². The minimum Gasteiger partial charge on any atom is -0.167 e. The summed E-state index contributed by atoms with van der Waals surface area (Å²) in [6.07, 6.45) is 3.84. The first-order chi connectivity index (χ1) is 6.02. The van der Waals surface area contributed by atoms with Gasteiger partial charge in [0, 0.05) is 23.9 Å². The fourth-order valence-corrected chi connectivity index (χ4v) is 20.2. The number of thiol groups is 2. The second kappa shape index (κ2) is 5.45. The summed E-state index contributed by atoms with van der Waals surface area (Å²) in [4.78, 5) is 0. The van der Waals surface area contributed by atoms with E-state index in [1.807, 2.05) is 34.9 Å². The Morgan fingerprint density at radius 1 is 1.31 bits per heavy atom. The molecule has 0 aromatic carbocycles. The number of nitrogens with zero attached hydrogens (tertiary/aromatic N) is 1. The van der Waals surface area contributed by atoms with Gasteiger partial charge in [0.15, 0.2) is 24.2 Å². The van der Waals surface area contributed by atoms with Crippen LogP contribution in [0.25, 0.3) is 0 Å². The number of hydrogen-bond acceptors (Lipinski definition) is 3. The molecule has 70 valence electrons. The van der Waals surface area contributed by atoms with Crippen molar-refractivity contribution in [3.63, 3.8) is 0 Å². The molecule has 2 atom stereocenters. The van der Waals surface area contributed by atoms with Gasteiger partial charge in [-0.3, -0.25) is 0 Å². The SMILES string of the molecule is S=[P+](S)SP(=S)(S)[n+]1ccccc1. The Kier molecular flexibility index (Phi) is 5.22. The van der Waals surface area contributed by atoms with Gasteiger partial charge in [0.2, 0.25) is 11.0 Å². The van der Waals surface area contributed by atoms with Gasteiger partial charge in [-0.15, -0.1) is 0 Å². The van der Waals surface area contributed by atoms with Crippen LogP contribution in [0.5, 0.6) is 0 Å². The highest BCUT2D eigenvalue weighted by atomic mass is 33.5. The zero-order valence-corrected chi connectivity index (χ0v) is 12.4. The molecule has 0 saturated heterocycles. The van der Waals surface area contributed by atoms with Crippen LogP contribution in [-0.2, 0) is 23.6 Å². The van der Waals surface area contributed by atoms with E-state index in [1.165, 1.54) is 11.0 Å². The molecule has 0 aliphatic carbocycles. The molecule has 1 nitrogen and oxygen atoms in total. The molecule has 0 bridgehead atoms. The fourth-order valence-electron chi connectivity index (χ4n) is 0.691. The Morgan fingerprint density at radius 3 is 2.31 bits per heavy atom. The van der Waals surface area contributed by atoms with Crippen LogP contribution in [0.2, 0.25) is 0 Å². The van der Waals surface area contributed by atoms with Crippen LogP contribution in [0.4, 0.5) is 0 Å². The highest BCUT2D eigenvalue weighted by Crippen LogP contribution is 2.70. The van der Waals surface area contributed by atoms with Crippen LogP contribution in [0.15, 0.2) is 30.6 Å². The van der Waals surface area contributed by atoms with Crippen molar-refractivity contribution in [2.45, 2.75) is 0 Å². The van der Waals surface area contributed by atoms with Crippen LogP contribution in [-0.4, -0.2) is 0 Å². The Bertz CT molecular complexity index is 353. The molecule has 2 unspecified atom stereocenters. The molecule has 0 aliphatic heterocycles. The van der Waals surface area contributed by atoms with E-state index in [-0.39, 0.29) is 0 Å². The molecular formula is C5H7NP2S5+2. The van der Waals surface area contributed by atoms with Crippen molar-refractivity contribution in [1.29, 1.82) is 0 Å². The van der Waals surface area contributed by atoms with Crippen molar-refractivity contribution in [1.82, 2.24) is 0 Å². The fraction of sp³-hybridized carbons (Fsp3) is 0. The molecule has 1 heterocycles. The van der Waals surface area contributed by atoms with Crippen LogP contribution < -0.4 is 4.34 Å². The third kappa shape index (κ3) is 4.17. The summed E-state index contributed by atoms with van der Waals surface area (Å²) in [6.45, 7) is 0. The average Bonchev–Trinajstić information content (AvgIpc) is 2.04. The normalized spacial score (nSPS) is 16.3. The Labute approximate surface area is 103 Å². The second-order valence-electron chi connectivity index (χ2n) is 2.07. The first-order valence-electron chi connectivity index (χ1n) is 3.18. The molecule has 0 saturated carbocycles. The van der Waals surface area contributed by atoms with Crippen molar-refractivity contribution in [2.75, 3.05) is 0 Å². The van der Waals surface area contributed by atoms with Gasteiger partial charge in [-0.2, -0.15) is 4.34 Å². The van der Waals surface area contributed by atoms with E-state index in [0.717, 1.165) is 0 Å². The minimum absolute atomic E-state index is 0.770. The van der Waals surface area contributed by atoms with E-state index in [0.29, 0.717) is 0 Å². The Hall–Kier alpha value is 1.37. The lowest BCUT2D eigenvalue weighted by Gasteiger charge is -2.00. The second-order valence-corrected chi connectivity index (χ2v) is 19.0. The van der Waals surface area contributed by atoms with E-state index < -0.39 is 9.69 Å². The molecule has 0 spiro atoms. The molecule has 0 aliphatic rings. The Morgan fingerprint density at radius 2 is 1.85 bits per heavy atom. The van der Waals surface area contributed by atoms with Gasteiger partial charge in [0.05, 0.1) is 12.2 Å². The third-order valence-corrected chi connectivity index (χ3v) is 15.9. The smallest absolute Gasteiger partial charge is 0.167 e. The third-order valence-electron chi connectivity index (χ3n) is 1.17. The predicted octanol–water partition coefficient (Wildman–Crippen LogP) is 3.41. The highest BCUT2D eigenvalue weighted by molar-refractivity contribution is 9.17. The van der Waals surface area contributed by atoms with Crippen LogP contribution in [0.1, 0.15) is 0 Å². The van der Waals surface area contributed by atoms with Crippen molar-refractivity contribution < 1.29 is 4.34 Å². The van der Waals surface area contributed by atoms with Gasteiger partial charge in [-0.05, 0) is 0 Å². The first kappa shape index (κ1) is 12.4. The number of rotatable bonds is 3. The minimum atomic E-state index is -1.89. The van der Waals surface area contributed by atoms with Crippen molar-refractivity contribution in [3.8, 4) is 0 Å². The van der Waals surface area contributed by atoms with Crippen molar-refractivity contribution in [2.24, 2.45) is 0 Å². The summed E-state index contributed by atoms with van der Waals surface area (Å²) in [6, 6.07) is 5.81. The van der Waals surface area contributed by atoms with Gasteiger partial charge in [0.1, 0.15) is 0 Å². The van der Waals surface area contributed by atoms with Gasteiger partial charge < -0.3 is 0 Å². The Balaban J connectivity index is 2.95. The van der Waals surface area contributed by atoms with Crippen molar-refractivity contribution in [3.05, 3.63) is 30.6 Å². The number of hydrogen-bond donors (Lipinski definition) is 2. The molecule has 0 radical (unpaired) electrons. The van der Waals surface area contributed by atoms with Gasteiger partial charge in [0.25, 0.3) is 0 Å². The molecule has 0 N–H and O–H groups in total. The van der Waals surface area contributed by atoms with Gasteiger partial charge >= 0.3 is 9.69 Å². The molecule has 1 aromatic rings. The summed E-state index contributed by atoms with van der Waals surface area (Å²) in [7, 11) is 0. The largest absolute Gasteiger partial charge is 0.345 e. The van der Waals surface area contributed by atoms with E-state index in [1.54, 1.807) is 0 Å². The standard InChI is InChI=1S/C5H5NP2S5/c9-7(10)13-8(11,12)6-4-2-1-3-5-6/h1-5H/p+2. The average molecular weight is 303 g/mol. The van der Waals surface area contributed by atoms with Crippen LogP contribution in [0, 0.1) is 0 Å². The predicted molar refractivity (Wildman–Crippen MR) is 76.2 cm³/mol. The van der Waals surface area contributed by atoms with Crippen LogP contribution >= 0.6 is 45.2 Å². The lowest BCUT2D eigenvalue weighted by molar-refractivity contribution is -0.504. The van der Waals surface area contributed by atoms with Gasteiger partial charge in [-0.25, -0.2) is 0 Å². The summed E-state index contributed by atoms with van der Waals surface area (Å²) in [5.41, 5.74) is 0. The first-order valence-corrected chi connectivity index (χ1v) is 12.6. The van der Waals surface area contributed by atoms with Crippen molar-refractivity contribution >= 4 is 68.8 Å². The number of pyridine rings is 1. The molecular weight excluding hydrogens is 296 g/mol. The van der Waals surface area contributed by atoms with E-state index in [2.05, 4.69) is 24.5 Å². The van der Waals surface area contributed by atoms with E-state index >= 15 is 0 Å². The maximum absolute atomic E-state index is 5.39. The quantitative estimate of drug-likeness (QED) is 0.651. The maximum Gasteiger partial charge on any atom is 0.345 e. The molecule has 13 heavy (non-hydrogen) atoms. The highest BCUT2D eigenvalue weighted by Gasteiger charge is 2.32. The monoisotopic (exact) mass is 303 g/mol. The molecule has 8 heteroatoms. The molecule has 0 amide bonds. The molecule has 1 rings (SSSR count). The summed E-state index contributed by atoms with van der Waals surface area (Å²) in [5, 5.41) is -0.770. The van der Waals surface area contributed by atoms with E-state index in [4.69, 9.17) is 23.6 Å². The maximum atomic E-state index is 5.39. The van der Waals surface area contributed by atoms with E-state index in [9.17, 15) is 0 Å². The molecule has 1 aromatic heterocycles. The lowest BCUT2D eigenvalue weighted by atomic mass is 10.5.